The van der Waals surface area contributed by atoms with Gasteiger partial charge in [-0.1, -0.05) is 15.9 Å². The number of alkyl halides is 3. The Morgan fingerprint density at radius 2 is 2.10 bits per heavy atom. The van der Waals surface area contributed by atoms with Gasteiger partial charge in [0.15, 0.2) is 0 Å². The number of carbonyl (C=O) groups is 1. The van der Waals surface area contributed by atoms with Gasteiger partial charge >= 0.3 is 6.18 Å². The average molecular weight is 367 g/mol. The average Bonchev–Trinajstić information content (AvgIpc) is 2.82. The summed E-state index contributed by atoms with van der Waals surface area (Å²) >= 11 is 2.83. The first kappa shape index (κ1) is 16.3. The summed E-state index contributed by atoms with van der Waals surface area (Å²) in [6.07, 6.45) is -5.27. The van der Waals surface area contributed by atoms with E-state index in [0.29, 0.717) is 13.1 Å². The number of β-amino-alcohol motifs (C(OH)–C–C–N with tert-alkyl or cyclic N) is 1. The van der Waals surface area contributed by atoms with E-state index in [2.05, 4.69) is 21.2 Å². The molecule has 1 fully saturated rings. The van der Waals surface area contributed by atoms with Crippen LogP contribution in [0.3, 0.4) is 0 Å². The largest absolute Gasteiger partial charge is 0.417 e. The van der Waals surface area contributed by atoms with Crippen molar-refractivity contribution in [2.45, 2.75) is 18.3 Å². The second kappa shape index (κ2) is 5.94. The van der Waals surface area contributed by atoms with Gasteiger partial charge in [0, 0.05) is 30.2 Å². The molecule has 1 heterocycles. The monoisotopic (exact) mass is 366 g/mol. The predicted molar refractivity (Wildman–Crippen MR) is 73.9 cm³/mol. The first-order valence-corrected chi connectivity index (χ1v) is 7.04. The van der Waals surface area contributed by atoms with E-state index < -0.39 is 29.8 Å². The molecule has 0 saturated carbocycles. The molecule has 0 radical (unpaired) electrons. The minimum absolute atomic E-state index is 0.0628. The Balaban J connectivity index is 2.27. The predicted octanol–water partition coefficient (Wildman–Crippen LogP) is 1.87. The first-order valence-electron chi connectivity index (χ1n) is 6.24. The molecule has 21 heavy (non-hydrogen) atoms. The van der Waals surface area contributed by atoms with Crippen LogP contribution in [0.1, 0.15) is 15.9 Å². The molecule has 0 aromatic heterocycles. The van der Waals surface area contributed by atoms with E-state index in [0.717, 1.165) is 6.07 Å². The number of nitrogens with zero attached hydrogens (tertiary/aromatic N) is 1. The molecule has 1 aliphatic rings. The lowest BCUT2D eigenvalue weighted by molar-refractivity contribution is -0.138. The molecule has 1 aromatic carbocycles. The van der Waals surface area contributed by atoms with E-state index in [9.17, 15) is 23.1 Å². The lowest BCUT2D eigenvalue weighted by Crippen LogP contribution is -2.44. The summed E-state index contributed by atoms with van der Waals surface area (Å²) in [5, 5.41) is 12.7. The van der Waals surface area contributed by atoms with Crippen molar-refractivity contribution in [3.63, 3.8) is 0 Å². The Hall–Kier alpha value is -1.12. The molecule has 2 rings (SSSR count). The van der Waals surface area contributed by atoms with E-state index in [1.54, 1.807) is 0 Å². The van der Waals surface area contributed by atoms with Crippen LogP contribution in [0.15, 0.2) is 22.7 Å². The van der Waals surface area contributed by atoms with Gasteiger partial charge in [0.1, 0.15) is 0 Å². The smallest absolute Gasteiger partial charge is 0.390 e. The van der Waals surface area contributed by atoms with Crippen molar-refractivity contribution >= 4 is 21.8 Å². The van der Waals surface area contributed by atoms with Crippen LogP contribution in [0, 0.1) is 0 Å². The fourth-order valence-electron chi connectivity index (χ4n) is 2.28. The third-order valence-electron chi connectivity index (χ3n) is 3.49. The molecule has 0 unspecified atom stereocenters. The number of carbonyl (C=O) groups excluding carboxylic acids is 1. The van der Waals surface area contributed by atoms with Crippen molar-refractivity contribution in [1.29, 1.82) is 0 Å². The van der Waals surface area contributed by atoms with Gasteiger partial charge in [-0.15, -0.1) is 0 Å². The first-order chi connectivity index (χ1) is 9.71. The molecule has 0 bridgehead atoms. The molecule has 0 spiro atoms. The van der Waals surface area contributed by atoms with E-state index in [4.69, 9.17) is 0 Å². The number of likely N-dealkylation sites (N-methyl/N-ethyl adjacent to an activating group) is 1. The molecule has 1 amide bonds. The molecule has 8 heteroatoms. The van der Waals surface area contributed by atoms with Crippen molar-refractivity contribution in [3.8, 4) is 0 Å². The highest BCUT2D eigenvalue weighted by molar-refractivity contribution is 9.10. The third-order valence-corrected chi connectivity index (χ3v) is 4.18. The second-order valence-electron chi connectivity index (χ2n) is 4.90. The molecule has 1 aromatic rings. The van der Waals surface area contributed by atoms with Crippen LogP contribution < -0.4 is 5.32 Å². The number of aliphatic hydroxyl groups is 1. The van der Waals surface area contributed by atoms with E-state index in [-0.39, 0.29) is 10.0 Å². The summed E-state index contributed by atoms with van der Waals surface area (Å²) in [5.74, 6) is -0.555. The highest BCUT2D eigenvalue weighted by Gasteiger charge is 2.35. The normalized spacial score (nSPS) is 22.4. The molecular formula is C13H14BrF3N2O2. The summed E-state index contributed by atoms with van der Waals surface area (Å²) in [5.41, 5.74) is -0.959. The number of hydrogen-bond donors (Lipinski definition) is 2. The summed E-state index contributed by atoms with van der Waals surface area (Å²) in [4.78, 5) is 13.5. The highest BCUT2D eigenvalue weighted by atomic mass is 79.9. The van der Waals surface area contributed by atoms with E-state index in [1.807, 2.05) is 0 Å². The molecule has 1 saturated heterocycles. The maximum atomic E-state index is 12.9. The maximum Gasteiger partial charge on any atom is 0.417 e. The van der Waals surface area contributed by atoms with Crippen molar-refractivity contribution in [1.82, 2.24) is 10.2 Å². The number of benzene rings is 1. The molecule has 4 nitrogen and oxygen atoms in total. The molecule has 1 aliphatic heterocycles. The third kappa shape index (κ3) is 3.38. The zero-order valence-corrected chi connectivity index (χ0v) is 12.7. The van der Waals surface area contributed by atoms with Crippen molar-refractivity contribution in [2.24, 2.45) is 0 Å². The van der Waals surface area contributed by atoms with Gasteiger partial charge in [-0.2, -0.15) is 13.2 Å². The Labute approximate surface area is 128 Å². The lowest BCUT2D eigenvalue weighted by atomic mass is 10.1. The Morgan fingerprint density at radius 1 is 1.43 bits per heavy atom. The van der Waals surface area contributed by atoms with Gasteiger partial charge in [-0.05, 0) is 18.2 Å². The van der Waals surface area contributed by atoms with Crippen LogP contribution in [0.4, 0.5) is 13.2 Å². The standard InChI is InChI=1S/C13H14BrF3N2O2/c1-19(10-5-18-6-11(10)20)12(21)7-2-3-9(14)8(4-7)13(15,16)17/h2-4,10-11,18,20H,5-6H2,1H3/t10-,11-/m1/s1. The lowest BCUT2D eigenvalue weighted by Gasteiger charge is -2.26. The van der Waals surface area contributed by atoms with Crippen molar-refractivity contribution < 1.29 is 23.1 Å². The van der Waals surface area contributed by atoms with Gasteiger partial charge in [-0.3, -0.25) is 4.79 Å². The summed E-state index contributed by atoms with van der Waals surface area (Å²) in [6.45, 7) is 0.766. The Bertz CT molecular complexity index is 551. The molecule has 0 aliphatic carbocycles. The number of halogens is 4. The van der Waals surface area contributed by atoms with Crippen molar-refractivity contribution in [2.75, 3.05) is 20.1 Å². The van der Waals surface area contributed by atoms with Gasteiger partial charge in [0.05, 0.1) is 17.7 Å². The van der Waals surface area contributed by atoms with Crippen LogP contribution >= 0.6 is 15.9 Å². The molecule has 2 atom stereocenters. The zero-order valence-electron chi connectivity index (χ0n) is 11.1. The van der Waals surface area contributed by atoms with Crippen LogP contribution in [-0.2, 0) is 6.18 Å². The number of hydrogen-bond acceptors (Lipinski definition) is 3. The molecular weight excluding hydrogens is 353 g/mol. The number of rotatable bonds is 2. The van der Waals surface area contributed by atoms with E-state index in [1.165, 1.54) is 24.1 Å². The van der Waals surface area contributed by atoms with Gasteiger partial charge < -0.3 is 15.3 Å². The van der Waals surface area contributed by atoms with Crippen LogP contribution in [0.2, 0.25) is 0 Å². The van der Waals surface area contributed by atoms with Crippen LogP contribution in [0.5, 0.6) is 0 Å². The second-order valence-corrected chi connectivity index (χ2v) is 5.76. The fraction of sp³-hybridized carbons (Fsp3) is 0.462. The fourth-order valence-corrected chi connectivity index (χ4v) is 2.75. The SMILES string of the molecule is CN(C(=O)c1ccc(Br)c(C(F)(F)F)c1)[C@@H]1CNC[C@H]1O. The minimum atomic E-state index is -4.54. The highest BCUT2D eigenvalue weighted by Crippen LogP contribution is 2.35. The number of amides is 1. The quantitative estimate of drug-likeness (QED) is 0.840. The van der Waals surface area contributed by atoms with E-state index >= 15 is 0 Å². The van der Waals surface area contributed by atoms with Gasteiger partial charge in [-0.25, -0.2) is 0 Å². The molecule has 116 valence electrons. The number of nitrogens with one attached hydrogen (secondary N) is 1. The van der Waals surface area contributed by atoms with Gasteiger partial charge in [0.2, 0.25) is 0 Å². The maximum absolute atomic E-state index is 12.9. The zero-order chi connectivity index (χ0) is 15.8. The Morgan fingerprint density at radius 3 is 2.62 bits per heavy atom. The molecule has 2 N–H and O–H groups in total. The summed E-state index contributed by atoms with van der Waals surface area (Å²) in [7, 11) is 1.47. The van der Waals surface area contributed by atoms with Crippen LogP contribution in [0.25, 0.3) is 0 Å². The van der Waals surface area contributed by atoms with Crippen molar-refractivity contribution in [3.05, 3.63) is 33.8 Å². The topological polar surface area (TPSA) is 52.6 Å². The summed E-state index contributed by atoms with van der Waals surface area (Å²) < 4.78 is 38.4. The summed E-state index contributed by atoms with van der Waals surface area (Å²) in [6, 6.07) is 2.90. The van der Waals surface area contributed by atoms with Crippen LogP contribution in [-0.4, -0.2) is 48.2 Å². The Kier molecular flexibility index (Phi) is 4.60. The van der Waals surface area contributed by atoms with Gasteiger partial charge in [0.25, 0.3) is 5.91 Å². The minimum Gasteiger partial charge on any atom is -0.390 e. The number of aliphatic hydroxyl groups excluding tert-OH is 1.